The van der Waals surface area contributed by atoms with Crippen molar-refractivity contribution in [2.24, 2.45) is 0 Å². The summed E-state index contributed by atoms with van der Waals surface area (Å²) < 4.78 is 26.1. The normalized spacial score (nSPS) is 12.3. The Morgan fingerprint density at radius 2 is 1.54 bits per heavy atom. The zero-order valence-electron chi connectivity index (χ0n) is 14.7. The monoisotopic (exact) mass is 434 g/mol. The minimum Gasteiger partial charge on any atom is -0.346 e. The maximum absolute atomic E-state index is 13.1. The number of thiophene rings is 2. The lowest BCUT2D eigenvalue weighted by Gasteiger charge is -2.17. The van der Waals surface area contributed by atoms with Crippen molar-refractivity contribution in [2.45, 2.75) is 16.7 Å². The molecule has 3 aromatic rings. The molecule has 9 heteroatoms. The van der Waals surface area contributed by atoms with Crippen LogP contribution < -0.4 is 10.6 Å². The Kier molecular flexibility index (Phi) is 6.61. The van der Waals surface area contributed by atoms with Gasteiger partial charge in [-0.25, -0.2) is 8.42 Å². The van der Waals surface area contributed by atoms with Gasteiger partial charge in [0.15, 0.2) is 9.84 Å². The van der Waals surface area contributed by atoms with E-state index < -0.39 is 26.9 Å². The Morgan fingerprint density at radius 1 is 0.857 bits per heavy atom. The summed E-state index contributed by atoms with van der Waals surface area (Å²) in [7, 11) is -3.73. The van der Waals surface area contributed by atoms with Crippen LogP contribution in [0.15, 0.2) is 70.3 Å². The molecular formula is C19H18N2O4S3. The van der Waals surface area contributed by atoms with Crippen molar-refractivity contribution in [3.05, 3.63) is 75.1 Å². The summed E-state index contributed by atoms with van der Waals surface area (Å²) in [5.41, 5.74) is 0. The Bertz CT molecular complexity index is 1010. The molecule has 3 rings (SSSR count). The van der Waals surface area contributed by atoms with Crippen LogP contribution in [0, 0.1) is 0 Å². The van der Waals surface area contributed by atoms with Crippen LogP contribution in [0.1, 0.15) is 15.0 Å². The van der Waals surface area contributed by atoms with Gasteiger partial charge in [0, 0.05) is 16.3 Å². The van der Waals surface area contributed by atoms with Crippen molar-refractivity contribution in [3.8, 4) is 0 Å². The third kappa shape index (κ3) is 4.86. The fourth-order valence-corrected chi connectivity index (χ4v) is 5.99. The summed E-state index contributed by atoms with van der Waals surface area (Å²) in [6.07, 6.45) is 0. The van der Waals surface area contributed by atoms with E-state index in [1.54, 1.807) is 35.7 Å². The van der Waals surface area contributed by atoms with Gasteiger partial charge in [-0.05, 0) is 35.0 Å². The second-order valence-electron chi connectivity index (χ2n) is 5.83. The van der Waals surface area contributed by atoms with Crippen LogP contribution in [-0.4, -0.2) is 26.8 Å². The molecule has 0 bridgehead atoms. The van der Waals surface area contributed by atoms with E-state index in [2.05, 4.69) is 10.6 Å². The minimum absolute atomic E-state index is 0.171. The molecule has 0 aliphatic rings. The Morgan fingerprint density at radius 3 is 2.18 bits per heavy atom. The number of hydrogen-bond acceptors (Lipinski definition) is 6. The topological polar surface area (TPSA) is 92.3 Å². The van der Waals surface area contributed by atoms with Crippen molar-refractivity contribution >= 4 is 44.3 Å². The lowest BCUT2D eigenvalue weighted by molar-refractivity contribution is -0.139. The predicted molar refractivity (Wildman–Crippen MR) is 110 cm³/mol. The van der Waals surface area contributed by atoms with E-state index >= 15 is 0 Å². The first-order valence-corrected chi connectivity index (χ1v) is 11.7. The van der Waals surface area contributed by atoms with E-state index in [0.29, 0.717) is 4.88 Å². The van der Waals surface area contributed by atoms with Gasteiger partial charge in [0.05, 0.1) is 11.4 Å². The first kappa shape index (κ1) is 20.2. The fourth-order valence-electron chi connectivity index (χ4n) is 2.54. The third-order valence-electron chi connectivity index (χ3n) is 3.96. The first-order chi connectivity index (χ1) is 13.5. The van der Waals surface area contributed by atoms with Crippen molar-refractivity contribution in [1.82, 2.24) is 10.6 Å². The van der Waals surface area contributed by atoms with Gasteiger partial charge in [-0.1, -0.05) is 30.3 Å². The molecule has 0 saturated carbocycles. The molecule has 0 spiro atoms. The van der Waals surface area contributed by atoms with E-state index in [9.17, 15) is 18.0 Å². The maximum atomic E-state index is 13.1. The smallest absolute Gasteiger partial charge is 0.309 e. The van der Waals surface area contributed by atoms with Crippen LogP contribution in [-0.2, 0) is 26.0 Å². The first-order valence-electron chi connectivity index (χ1n) is 8.39. The number of carbonyl (C=O) groups is 2. The van der Waals surface area contributed by atoms with Gasteiger partial charge in [0.1, 0.15) is 5.25 Å². The van der Waals surface area contributed by atoms with Crippen LogP contribution in [0.5, 0.6) is 0 Å². The van der Waals surface area contributed by atoms with Crippen molar-refractivity contribution in [1.29, 1.82) is 0 Å². The van der Waals surface area contributed by atoms with E-state index in [4.69, 9.17) is 0 Å². The Hall–Kier alpha value is -2.49. The molecule has 0 aliphatic heterocycles. The minimum atomic E-state index is -3.73. The molecule has 0 aliphatic carbocycles. The molecule has 6 nitrogen and oxygen atoms in total. The summed E-state index contributed by atoms with van der Waals surface area (Å²) in [6, 6.07) is 15.2. The van der Waals surface area contributed by atoms with Crippen molar-refractivity contribution in [2.75, 3.05) is 6.54 Å². The van der Waals surface area contributed by atoms with Gasteiger partial charge in [-0.15, -0.1) is 22.7 Å². The molecule has 2 N–H and O–H groups in total. The highest BCUT2D eigenvalue weighted by atomic mass is 32.2. The Labute approximate surface area is 171 Å². The number of rotatable bonds is 7. The highest BCUT2D eigenvalue weighted by Crippen LogP contribution is 2.31. The van der Waals surface area contributed by atoms with Crippen LogP contribution >= 0.6 is 22.7 Å². The molecule has 1 unspecified atom stereocenters. The van der Waals surface area contributed by atoms with Crippen LogP contribution in [0.25, 0.3) is 0 Å². The molecule has 0 saturated heterocycles. The molecular weight excluding hydrogens is 416 g/mol. The average molecular weight is 435 g/mol. The summed E-state index contributed by atoms with van der Waals surface area (Å²) in [6.45, 7) is 0.0591. The number of sulfone groups is 1. The summed E-state index contributed by atoms with van der Waals surface area (Å²) >= 11 is 2.76. The van der Waals surface area contributed by atoms with Crippen LogP contribution in [0.2, 0.25) is 0 Å². The second-order valence-corrected chi connectivity index (χ2v) is 9.98. The van der Waals surface area contributed by atoms with E-state index in [-0.39, 0.29) is 18.0 Å². The van der Waals surface area contributed by atoms with E-state index in [0.717, 1.165) is 4.88 Å². The van der Waals surface area contributed by atoms with Gasteiger partial charge < -0.3 is 10.6 Å². The molecule has 1 aromatic carbocycles. The standard InChI is InChI=1S/C19H18N2O4S3/c22-18(20-12-14-6-4-10-26-14)19(23)21-13-17(16-9-5-11-27-16)28(24,25)15-7-2-1-3-8-15/h1-11,17H,12-13H2,(H,20,22)(H,21,23). The maximum Gasteiger partial charge on any atom is 0.309 e. The summed E-state index contributed by atoms with van der Waals surface area (Å²) in [5, 5.41) is 7.67. The predicted octanol–water partition coefficient (Wildman–Crippen LogP) is 2.76. The van der Waals surface area contributed by atoms with Crippen LogP contribution in [0.4, 0.5) is 0 Å². The third-order valence-corrected chi connectivity index (χ3v) is 8.07. The lowest BCUT2D eigenvalue weighted by atomic mass is 10.3. The highest BCUT2D eigenvalue weighted by molar-refractivity contribution is 7.91. The summed E-state index contributed by atoms with van der Waals surface area (Å²) in [5.74, 6) is -1.66. The molecule has 146 valence electrons. The van der Waals surface area contributed by atoms with Crippen LogP contribution in [0.3, 0.4) is 0 Å². The molecule has 2 aromatic heterocycles. The zero-order chi connectivity index (χ0) is 20.0. The van der Waals surface area contributed by atoms with Crippen molar-refractivity contribution < 1.29 is 18.0 Å². The van der Waals surface area contributed by atoms with Gasteiger partial charge in [0.2, 0.25) is 0 Å². The van der Waals surface area contributed by atoms with Crippen molar-refractivity contribution in [3.63, 3.8) is 0 Å². The molecule has 0 radical (unpaired) electrons. The SMILES string of the molecule is O=C(NCc1cccs1)C(=O)NCC(c1cccs1)S(=O)(=O)c1ccccc1. The summed E-state index contributed by atoms with van der Waals surface area (Å²) in [4.78, 5) is 25.8. The van der Waals surface area contributed by atoms with E-state index in [1.807, 2.05) is 17.5 Å². The number of benzene rings is 1. The zero-order valence-corrected chi connectivity index (χ0v) is 17.1. The highest BCUT2D eigenvalue weighted by Gasteiger charge is 2.31. The van der Waals surface area contributed by atoms with Gasteiger partial charge >= 0.3 is 11.8 Å². The van der Waals surface area contributed by atoms with Gasteiger partial charge in [0.25, 0.3) is 0 Å². The number of carbonyl (C=O) groups excluding carboxylic acids is 2. The number of amides is 2. The lowest BCUT2D eigenvalue weighted by Crippen LogP contribution is -2.41. The fraction of sp³-hybridized carbons (Fsp3) is 0.158. The number of nitrogens with one attached hydrogen (secondary N) is 2. The molecule has 1 atom stereocenters. The molecule has 28 heavy (non-hydrogen) atoms. The molecule has 2 heterocycles. The second kappa shape index (κ2) is 9.13. The number of hydrogen-bond donors (Lipinski definition) is 2. The Balaban J connectivity index is 1.69. The molecule has 0 fully saturated rings. The largest absolute Gasteiger partial charge is 0.346 e. The van der Waals surface area contributed by atoms with Gasteiger partial charge in [-0.2, -0.15) is 0 Å². The van der Waals surface area contributed by atoms with E-state index in [1.165, 1.54) is 34.8 Å². The molecule has 2 amide bonds. The quantitative estimate of drug-likeness (QED) is 0.559. The average Bonchev–Trinajstić information content (AvgIpc) is 3.41. The van der Waals surface area contributed by atoms with Gasteiger partial charge in [-0.3, -0.25) is 9.59 Å².